The van der Waals surface area contributed by atoms with E-state index in [1.54, 1.807) is 12.1 Å². The molecule has 0 radical (unpaired) electrons. The molecule has 0 spiro atoms. The number of benzene rings is 1. The molecule has 4 heteroatoms. The first-order valence-corrected chi connectivity index (χ1v) is 10.7. The Labute approximate surface area is 164 Å². The monoisotopic (exact) mass is 374 g/mol. The van der Waals surface area contributed by atoms with E-state index in [9.17, 15) is 4.79 Å². The largest absolute Gasteiger partial charge is 0.493 e. The van der Waals surface area contributed by atoms with E-state index in [1.807, 2.05) is 12.1 Å². The summed E-state index contributed by atoms with van der Waals surface area (Å²) in [6.45, 7) is 8.10. The zero-order chi connectivity index (χ0) is 19.3. The van der Waals surface area contributed by atoms with Gasteiger partial charge in [0.05, 0.1) is 45.0 Å². The summed E-state index contributed by atoms with van der Waals surface area (Å²) in [4.78, 5) is 12.3. The van der Waals surface area contributed by atoms with Crippen LogP contribution in [0.25, 0.3) is 0 Å². The number of piperidine rings is 2. The number of ether oxygens (including phenoxy) is 2. The number of fused-ring (bicyclic) bond motifs is 1. The maximum absolute atomic E-state index is 12.3. The molecule has 27 heavy (non-hydrogen) atoms. The second kappa shape index (κ2) is 9.09. The van der Waals surface area contributed by atoms with Crippen molar-refractivity contribution in [2.75, 3.05) is 33.4 Å². The quantitative estimate of drug-likeness (QED) is 0.514. The van der Waals surface area contributed by atoms with Gasteiger partial charge in [0.15, 0.2) is 0 Å². The standard InChI is InChI=1S/C23H36NO3/c1-18(2)17-27-21-11-9-20(10-12-21)23(25)26-16-13-19-7-6-15-24(3)14-5-4-8-22(19)24/h9-12,18-19,22H,4-8,13-17H2,1-3H3/q+1/t19-,22+,24?/m0/s1. The van der Waals surface area contributed by atoms with Gasteiger partial charge in [0, 0.05) is 5.92 Å². The molecule has 1 aromatic rings. The van der Waals surface area contributed by atoms with E-state index in [0.29, 0.717) is 30.6 Å². The van der Waals surface area contributed by atoms with Crippen LogP contribution in [-0.2, 0) is 4.74 Å². The molecule has 4 nitrogen and oxygen atoms in total. The molecule has 2 fully saturated rings. The van der Waals surface area contributed by atoms with E-state index < -0.39 is 0 Å². The van der Waals surface area contributed by atoms with E-state index in [-0.39, 0.29) is 5.97 Å². The number of carbonyl (C=O) groups excluding carboxylic acids is 1. The molecule has 2 aliphatic rings. The molecule has 0 saturated carbocycles. The maximum Gasteiger partial charge on any atom is 0.338 e. The first kappa shape index (κ1) is 20.2. The van der Waals surface area contributed by atoms with E-state index >= 15 is 0 Å². The van der Waals surface area contributed by atoms with Crippen molar-refractivity contribution in [2.24, 2.45) is 11.8 Å². The summed E-state index contributed by atoms with van der Waals surface area (Å²) in [5, 5.41) is 0. The molecule has 1 aromatic carbocycles. The third-order valence-corrected chi connectivity index (χ3v) is 6.40. The van der Waals surface area contributed by atoms with Gasteiger partial charge in [-0.2, -0.15) is 0 Å². The van der Waals surface area contributed by atoms with Gasteiger partial charge in [0.1, 0.15) is 5.75 Å². The van der Waals surface area contributed by atoms with Gasteiger partial charge in [-0.15, -0.1) is 0 Å². The molecule has 2 saturated heterocycles. The van der Waals surface area contributed by atoms with E-state index in [2.05, 4.69) is 20.9 Å². The number of nitrogens with zero attached hydrogens (tertiary/aromatic N) is 1. The van der Waals surface area contributed by atoms with Gasteiger partial charge in [-0.25, -0.2) is 4.79 Å². The van der Waals surface area contributed by atoms with Crippen LogP contribution in [0.15, 0.2) is 24.3 Å². The van der Waals surface area contributed by atoms with Crippen molar-refractivity contribution in [2.45, 2.75) is 58.4 Å². The Morgan fingerprint density at radius 2 is 1.85 bits per heavy atom. The molecule has 150 valence electrons. The Kier molecular flexibility index (Phi) is 6.80. The summed E-state index contributed by atoms with van der Waals surface area (Å²) >= 11 is 0. The summed E-state index contributed by atoms with van der Waals surface area (Å²) in [5.41, 5.74) is 0.605. The second-order valence-corrected chi connectivity index (χ2v) is 9.05. The SMILES string of the molecule is CC(C)COc1ccc(C(=O)OCC[C@@H]2CCC[N+]3(C)CCCC[C@H]23)cc1. The highest BCUT2D eigenvalue weighted by atomic mass is 16.5. The normalized spacial score (nSPS) is 27.9. The van der Waals surface area contributed by atoms with Crippen molar-refractivity contribution >= 4 is 5.97 Å². The average molecular weight is 375 g/mol. The molecule has 0 bridgehead atoms. The van der Waals surface area contributed by atoms with Crippen molar-refractivity contribution in [1.82, 2.24) is 0 Å². The van der Waals surface area contributed by atoms with Crippen molar-refractivity contribution in [3.8, 4) is 5.75 Å². The molecule has 0 aliphatic carbocycles. The number of hydrogen-bond acceptors (Lipinski definition) is 3. The minimum Gasteiger partial charge on any atom is -0.493 e. The lowest BCUT2D eigenvalue weighted by molar-refractivity contribution is -0.947. The van der Waals surface area contributed by atoms with Gasteiger partial charge >= 0.3 is 5.97 Å². The summed E-state index contributed by atoms with van der Waals surface area (Å²) in [7, 11) is 2.44. The zero-order valence-corrected chi connectivity index (χ0v) is 17.3. The maximum atomic E-state index is 12.3. The van der Waals surface area contributed by atoms with Gasteiger partial charge in [-0.1, -0.05) is 13.8 Å². The molecule has 0 N–H and O–H groups in total. The lowest BCUT2D eigenvalue weighted by Crippen LogP contribution is -2.60. The summed E-state index contributed by atoms with van der Waals surface area (Å²) in [6, 6.07) is 8.07. The highest BCUT2D eigenvalue weighted by Crippen LogP contribution is 2.37. The fourth-order valence-corrected chi connectivity index (χ4v) is 4.91. The minimum absolute atomic E-state index is 0.220. The van der Waals surface area contributed by atoms with Crippen LogP contribution < -0.4 is 4.74 Å². The third-order valence-electron chi connectivity index (χ3n) is 6.40. The lowest BCUT2D eigenvalue weighted by Gasteiger charge is -2.51. The lowest BCUT2D eigenvalue weighted by atomic mass is 9.80. The predicted octanol–water partition coefficient (Wildman–Crippen LogP) is 4.68. The number of rotatable bonds is 7. The van der Waals surface area contributed by atoms with Crippen LogP contribution >= 0.6 is 0 Å². The highest BCUT2D eigenvalue weighted by molar-refractivity contribution is 5.89. The first-order chi connectivity index (χ1) is 13.0. The van der Waals surface area contributed by atoms with Gasteiger partial charge in [-0.05, 0) is 68.7 Å². The Balaban J connectivity index is 1.46. The van der Waals surface area contributed by atoms with Crippen molar-refractivity contribution in [3.05, 3.63) is 29.8 Å². The average Bonchev–Trinajstić information content (AvgIpc) is 2.66. The molecule has 3 atom stereocenters. The van der Waals surface area contributed by atoms with Crippen LogP contribution in [0.5, 0.6) is 5.75 Å². The highest BCUT2D eigenvalue weighted by Gasteiger charge is 2.43. The van der Waals surface area contributed by atoms with Crippen molar-refractivity contribution < 1.29 is 18.8 Å². The molecular formula is C23H36NO3+. The van der Waals surface area contributed by atoms with Crippen LogP contribution in [0, 0.1) is 11.8 Å². The van der Waals surface area contributed by atoms with Gasteiger partial charge in [0.2, 0.25) is 0 Å². The van der Waals surface area contributed by atoms with Crippen LogP contribution in [0.4, 0.5) is 0 Å². The Bertz CT molecular complexity index is 609. The molecule has 1 unspecified atom stereocenters. The number of esters is 1. The van der Waals surface area contributed by atoms with Gasteiger partial charge < -0.3 is 14.0 Å². The van der Waals surface area contributed by atoms with Gasteiger partial charge in [0.25, 0.3) is 0 Å². The molecular weight excluding hydrogens is 338 g/mol. The number of hydrogen-bond donors (Lipinski definition) is 0. The zero-order valence-electron chi connectivity index (χ0n) is 17.3. The molecule has 3 rings (SSSR count). The van der Waals surface area contributed by atoms with Crippen molar-refractivity contribution in [3.63, 3.8) is 0 Å². The Morgan fingerprint density at radius 1 is 1.11 bits per heavy atom. The van der Waals surface area contributed by atoms with Crippen LogP contribution in [-0.4, -0.2) is 49.8 Å². The summed E-state index contributed by atoms with van der Waals surface area (Å²) in [6.07, 6.45) is 7.67. The smallest absolute Gasteiger partial charge is 0.338 e. The molecule has 0 aromatic heterocycles. The van der Waals surface area contributed by atoms with Crippen LogP contribution in [0.1, 0.15) is 62.7 Å². The van der Waals surface area contributed by atoms with Gasteiger partial charge in [-0.3, -0.25) is 0 Å². The predicted molar refractivity (Wildman–Crippen MR) is 108 cm³/mol. The van der Waals surface area contributed by atoms with Crippen molar-refractivity contribution in [1.29, 1.82) is 0 Å². The third kappa shape index (κ3) is 5.25. The molecule has 2 aliphatic heterocycles. The van der Waals surface area contributed by atoms with Crippen LogP contribution in [0.3, 0.4) is 0 Å². The summed E-state index contributed by atoms with van der Waals surface area (Å²) < 4.78 is 12.5. The summed E-state index contributed by atoms with van der Waals surface area (Å²) in [5.74, 6) is 1.77. The van der Waals surface area contributed by atoms with E-state index in [4.69, 9.17) is 9.47 Å². The Morgan fingerprint density at radius 3 is 2.59 bits per heavy atom. The second-order valence-electron chi connectivity index (χ2n) is 9.05. The number of carbonyl (C=O) groups is 1. The topological polar surface area (TPSA) is 35.5 Å². The van der Waals surface area contributed by atoms with E-state index in [1.165, 1.54) is 49.7 Å². The van der Waals surface area contributed by atoms with E-state index in [0.717, 1.165) is 18.2 Å². The molecule has 0 amide bonds. The molecule has 2 heterocycles. The fourth-order valence-electron chi connectivity index (χ4n) is 4.91. The first-order valence-electron chi connectivity index (χ1n) is 10.7. The fraction of sp³-hybridized carbons (Fsp3) is 0.696. The Hall–Kier alpha value is -1.55. The number of quaternary nitrogens is 1. The minimum atomic E-state index is -0.220. The van der Waals surface area contributed by atoms with Crippen LogP contribution in [0.2, 0.25) is 0 Å².